The van der Waals surface area contributed by atoms with Crippen LogP contribution < -0.4 is 5.32 Å². The Morgan fingerprint density at radius 1 is 1.25 bits per heavy atom. The third-order valence-electron chi connectivity index (χ3n) is 3.29. The normalized spacial score (nSPS) is 12.6. The van der Waals surface area contributed by atoms with E-state index in [0.29, 0.717) is 17.5 Å². The summed E-state index contributed by atoms with van der Waals surface area (Å²) >= 11 is 0. The molecule has 106 valence electrons. The Morgan fingerprint density at radius 2 is 1.95 bits per heavy atom. The van der Waals surface area contributed by atoms with Gasteiger partial charge in [0.2, 0.25) is 0 Å². The molecule has 1 amide bonds. The van der Waals surface area contributed by atoms with E-state index in [0.717, 1.165) is 5.52 Å². The smallest absolute Gasteiger partial charge is 0.251 e. The highest BCUT2D eigenvalue weighted by Gasteiger charge is 2.17. The molecule has 2 rings (SSSR count). The van der Waals surface area contributed by atoms with E-state index in [4.69, 9.17) is 5.11 Å². The van der Waals surface area contributed by atoms with Gasteiger partial charge in [-0.15, -0.1) is 0 Å². The average molecular weight is 273 g/mol. The predicted molar refractivity (Wildman–Crippen MR) is 77.3 cm³/mol. The lowest BCUT2D eigenvalue weighted by atomic mass is 10.0. The van der Waals surface area contributed by atoms with Crippen LogP contribution in [0.4, 0.5) is 0 Å². The largest absolute Gasteiger partial charge is 0.396 e. The van der Waals surface area contributed by atoms with Gasteiger partial charge in [-0.25, -0.2) is 0 Å². The molecule has 0 spiro atoms. The van der Waals surface area contributed by atoms with Crippen molar-refractivity contribution in [2.24, 2.45) is 5.92 Å². The minimum Gasteiger partial charge on any atom is -0.396 e. The molecule has 0 saturated heterocycles. The Kier molecular flexibility index (Phi) is 4.63. The van der Waals surface area contributed by atoms with Gasteiger partial charge in [0.25, 0.3) is 5.91 Å². The van der Waals surface area contributed by atoms with E-state index < -0.39 is 0 Å². The second kappa shape index (κ2) is 6.43. The SMILES string of the molecule is CC(C)C(CCO)NC(=O)c1ccc2nccnc2c1. The number of nitrogens with one attached hydrogen (secondary N) is 1. The summed E-state index contributed by atoms with van der Waals surface area (Å²) in [6.07, 6.45) is 3.78. The number of aromatic nitrogens is 2. The summed E-state index contributed by atoms with van der Waals surface area (Å²) in [7, 11) is 0. The molecule has 0 aliphatic heterocycles. The standard InChI is InChI=1S/C15H19N3O2/c1-10(2)12(5-8-19)18-15(20)11-3-4-13-14(9-11)17-7-6-16-13/h3-4,6-7,9-10,12,19H,5,8H2,1-2H3,(H,18,20). The Hall–Kier alpha value is -2.01. The van der Waals surface area contributed by atoms with Crippen LogP contribution in [0.3, 0.4) is 0 Å². The monoisotopic (exact) mass is 273 g/mol. The van der Waals surface area contributed by atoms with Crippen molar-refractivity contribution >= 4 is 16.9 Å². The van der Waals surface area contributed by atoms with Crippen molar-refractivity contribution in [3.63, 3.8) is 0 Å². The van der Waals surface area contributed by atoms with E-state index in [1.807, 2.05) is 13.8 Å². The first-order chi connectivity index (χ1) is 9.61. The fourth-order valence-electron chi connectivity index (χ4n) is 2.07. The lowest BCUT2D eigenvalue weighted by molar-refractivity contribution is 0.0916. The van der Waals surface area contributed by atoms with Crippen LogP contribution in [0.2, 0.25) is 0 Å². The molecule has 5 nitrogen and oxygen atoms in total. The van der Waals surface area contributed by atoms with Gasteiger partial charge in [-0.1, -0.05) is 13.8 Å². The zero-order valence-electron chi connectivity index (χ0n) is 11.7. The summed E-state index contributed by atoms with van der Waals surface area (Å²) in [6.45, 7) is 4.10. The van der Waals surface area contributed by atoms with E-state index in [1.165, 1.54) is 0 Å². The first-order valence-electron chi connectivity index (χ1n) is 6.74. The molecule has 1 aromatic carbocycles. The van der Waals surface area contributed by atoms with Crippen molar-refractivity contribution in [3.8, 4) is 0 Å². The fourth-order valence-corrected chi connectivity index (χ4v) is 2.07. The van der Waals surface area contributed by atoms with Crippen LogP contribution in [0.15, 0.2) is 30.6 Å². The van der Waals surface area contributed by atoms with Gasteiger partial charge in [0.1, 0.15) is 0 Å². The number of aliphatic hydroxyl groups is 1. The number of nitrogens with zero attached hydrogens (tertiary/aromatic N) is 2. The van der Waals surface area contributed by atoms with Crippen molar-refractivity contribution in [3.05, 3.63) is 36.2 Å². The number of hydrogen-bond donors (Lipinski definition) is 2. The number of fused-ring (bicyclic) bond motifs is 1. The zero-order valence-corrected chi connectivity index (χ0v) is 11.7. The maximum atomic E-state index is 12.2. The second-order valence-corrected chi connectivity index (χ2v) is 5.10. The molecule has 0 bridgehead atoms. The van der Waals surface area contributed by atoms with Crippen molar-refractivity contribution in [2.75, 3.05) is 6.61 Å². The van der Waals surface area contributed by atoms with Gasteiger partial charge in [0.05, 0.1) is 11.0 Å². The third-order valence-corrected chi connectivity index (χ3v) is 3.29. The summed E-state index contributed by atoms with van der Waals surface area (Å²) < 4.78 is 0. The van der Waals surface area contributed by atoms with Gasteiger partial charge in [-0.3, -0.25) is 14.8 Å². The van der Waals surface area contributed by atoms with Crippen molar-refractivity contribution in [1.29, 1.82) is 0 Å². The maximum absolute atomic E-state index is 12.2. The zero-order chi connectivity index (χ0) is 14.5. The van der Waals surface area contributed by atoms with E-state index in [-0.39, 0.29) is 24.5 Å². The highest BCUT2D eigenvalue weighted by Crippen LogP contribution is 2.12. The molecule has 0 aliphatic carbocycles. The fraction of sp³-hybridized carbons (Fsp3) is 0.400. The molecule has 0 saturated carbocycles. The molecule has 1 heterocycles. The number of hydrogen-bond acceptors (Lipinski definition) is 4. The first-order valence-corrected chi connectivity index (χ1v) is 6.74. The maximum Gasteiger partial charge on any atom is 0.251 e. The molecule has 2 N–H and O–H groups in total. The Balaban J connectivity index is 2.18. The van der Waals surface area contributed by atoms with Gasteiger partial charge >= 0.3 is 0 Å². The van der Waals surface area contributed by atoms with Crippen LogP contribution >= 0.6 is 0 Å². The first kappa shape index (κ1) is 14.4. The number of rotatable bonds is 5. The molecule has 5 heteroatoms. The van der Waals surface area contributed by atoms with Crippen LogP contribution in [0.1, 0.15) is 30.6 Å². The Labute approximate surface area is 118 Å². The van der Waals surface area contributed by atoms with Gasteiger partial charge in [0, 0.05) is 30.6 Å². The predicted octanol–water partition coefficient (Wildman–Crippen LogP) is 1.77. The number of amides is 1. The van der Waals surface area contributed by atoms with Gasteiger partial charge in [-0.2, -0.15) is 0 Å². The van der Waals surface area contributed by atoms with Gasteiger partial charge in [0.15, 0.2) is 0 Å². The number of aliphatic hydroxyl groups excluding tert-OH is 1. The minimum atomic E-state index is -0.148. The molecule has 1 aromatic heterocycles. The molecule has 0 aliphatic rings. The third kappa shape index (κ3) is 3.30. The summed E-state index contributed by atoms with van der Waals surface area (Å²) in [4.78, 5) is 20.6. The van der Waals surface area contributed by atoms with Crippen molar-refractivity contribution < 1.29 is 9.90 Å². The Bertz CT molecular complexity index is 598. The van der Waals surface area contributed by atoms with E-state index in [2.05, 4.69) is 15.3 Å². The van der Waals surface area contributed by atoms with Crippen molar-refractivity contribution in [1.82, 2.24) is 15.3 Å². The highest BCUT2D eigenvalue weighted by atomic mass is 16.3. The Morgan fingerprint density at radius 3 is 2.60 bits per heavy atom. The quantitative estimate of drug-likeness (QED) is 0.870. The lowest BCUT2D eigenvalue weighted by Gasteiger charge is -2.21. The van der Waals surface area contributed by atoms with E-state index >= 15 is 0 Å². The molecule has 2 aromatic rings. The van der Waals surface area contributed by atoms with Crippen LogP contribution in [-0.2, 0) is 0 Å². The van der Waals surface area contributed by atoms with Gasteiger partial charge in [-0.05, 0) is 30.5 Å². The molecule has 0 radical (unpaired) electrons. The highest BCUT2D eigenvalue weighted by molar-refractivity contribution is 5.97. The van der Waals surface area contributed by atoms with Crippen LogP contribution in [0, 0.1) is 5.92 Å². The van der Waals surface area contributed by atoms with Crippen LogP contribution in [0.25, 0.3) is 11.0 Å². The molecular weight excluding hydrogens is 254 g/mol. The number of carbonyl (C=O) groups is 1. The van der Waals surface area contributed by atoms with Gasteiger partial charge < -0.3 is 10.4 Å². The molecular formula is C15H19N3O2. The van der Waals surface area contributed by atoms with Crippen LogP contribution in [0.5, 0.6) is 0 Å². The summed E-state index contributed by atoms with van der Waals surface area (Å²) in [5.41, 5.74) is 2.02. The number of benzene rings is 1. The molecule has 0 fully saturated rings. The summed E-state index contributed by atoms with van der Waals surface area (Å²) in [5.74, 6) is 0.121. The minimum absolute atomic E-state index is 0.0370. The number of carbonyl (C=O) groups excluding carboxylic acids is 1. The second-order valence-electron chi connectivity index (χ2n) is 5.10. The summed E-state index contributed by atoms with van der Waals surface area (Å²) in [6, 6.07) is 5.22. The van der Waals surface area contributed by atoms with E-state index in [1.54, 1.807) is 30.6 Å². The topological polar surface area (TPSA) is 75.1 Å². The van der Waals surface area contributed by atoms with Crippen LogP contribution in [-0.4, -0.2) is 33.6 Å². The van der Waals surface area contributed by atoms with E-state index in [9.17, 15) is 4.79 Å². The lowest BCUT2D eigenvalue weighted by Crippen LogP contribution is -2.39. The van der Waals surface area contributed by atoms with Crippen molar-refractivity contribution in [2.45, 2.75) is 26.3 Å². The molecule has 20 heavy (non-hydrogen) atoms. The summed E-state index contributed by atoms with van der Waals surface area (Å²) in [5, 5.41) is 12.0. The average Bonchev–Trinajstić information content (AvgIpc) is 2.46. The molecule has 1 atom stereocenters. The molecule has 1 unspecified atom stereocenters.